The predicted octanol–water partition coefficient (Wildman–Crippen LogP) is 4.47. The molecule has 158 valence electrons. The lowest BCUT2D eigenvalue weighted by atomic mass is 10.2. The molecule has 0 radical (unpaired) electrons. The van der Waals surface area contributed by atoms with Crippen LogP contribution in [0.1, 0.15) is 29.5 Å². The number of rotatable bonds is 6. The topological polar surface area (TPSA) is 29.2 Å². The normalized spacial score (nSPS) is 18.2. The lowest BCUT2D eigenvalue weighted by Crippen LogP contribution is -2.46. The van der Waals surface area contributed by atoms with Crippen molar-refractivity contribution in [3.8, 4) is 10.4 Å². The summed E-state index contributed by atoms with van der Waals surface area (Å²) >= 11 is 7.28. The second-order valence-electron chi connectivity index (χ2n) is 8.26. The van der Waals surface area contributed by atoms with Gasteiger partial charge in [-0.15, -0.1) is 11.3 Å². The van der Waals surface area contributed by atoms with Crippen LogP contribution in [0, 0.1) is 10.6 Å². The molecule has 2 aromatic heterocycles. The zero-order valence-corrected chi connectivity index (χ0v) is 18.8. The lowest BCUT2D eigenvalue weighted by molar-refractivity contribution is 0.0986. The Bertz CT molecular complexity index is 1090. The Kier molecular flexibility index (Phi) is 5.58. The molecule has 30 heavy (non-hydrogen) atoms. The maximum Gasteiger partial charge on any atom is 0.198 e. The van der Waals surface area contributed by atoms with Gasteiger partial charge in [-0.25, -0.2) is 9.07 Å². The van der Waals surface area contributed by atoms with Gasteiger partial charge in [-0.05, 0) is 43.3 Å². The SMILES string of the molecule is Cn1c(C2CC2)nn(CN2CCN(Cc3ccc(-c4ccccc4F)s3)CC2)c1=S. The molecule has 5 rings (SSSR count). The Morgan fingerprint density at radius 3 is 2.53 bits per heavy atom. The fourth-order valence-electron chi connectivity index (χ4n) is 4.06. The fraction of sp³-hybridized carbons (Fsp3) is 0.455. The molecule has 1 aliphatic heterocycles. The summed E-state index contributed by atoms with van der Waals surface area (Å²) in [7, 11) is 2.04. The molecule has 3 heterocycles. The largest absolute Gasteiger partial charge is 0.307 e. The average Bonchev–Trinajstić information content (AvgIpc) is 3.43. The van der Waals surface area contributed by atoms with Crippen LogP contribution in [0.2, 0.25) is 0 Å². The zero-order chi connectivity index (χ0) is 20.7. The number of hydrogen-bond acceptors (Lipinski definition) is 5. The van der Waals surface area contributed by atoms with Crippen LogP contribution in [0.15, 0.2) is 36.4 Å². The van der Waals surface area contributed by atoms with Gasteiger partial charge in [0, 0.05) is 61.0 Å². The number of piperazine rings is 1. The van der Waals surface area contributed by atoms with E-state index < -0.39 is 0 Å². The van der Waals surface area contributed by atoms with Crippen LogP contribution in [-0.4, -0.2) is 50.3 Å². The van der Waals surface area contributed by atoms with Crippen molar-refractivity contribution in [2.75, 3.05) is 26.2 Å². The van der Waals surface area contributed by atoms with Crippen molar-refractivity contribution in [2.24, 2.45) is 7.05 Å². The minimum Gasteiger partial charge on any atom is -0.307 e. The molecule has 1 aliphatic carbocycles. The number of halogens is 1. The molecule has 3 aromatic rings. The molecule has 0 atom stereocenters. The van der Waals surface area contributed by atoms with E-state index >= 15 is 0 Å². The van der Waals surface area contributed by atoms with Crippen molar-refractivity contribution < 1.29 is 4.39 Å². The van der Waals surface area contributed by atoms with Crippen LogP contribution in [-0.2, 0) is 20.3 Å². The monoisotopic (exact) mass is 443 g/mol. The van der Waals surface area contributed by atoms with E-state index in [1.54, 1.807) is 17.4 Å². The van der Waals surface area contributed by atoms with Gasteiger partial charge in [0.05, 0.1) is 6.67 Å². The number of nitrogens with zero attached hydrogens (tertiary/aromatic N) is 5. The van der Waals surface area contributed by atoms with Crippen molar-refractivity contribution in [3.05, 3.63) is 57.7 Å². The van der Waals surface area contributed by atoms with Gasteiger partial charge >= 0.3 is 0 Å². The standard InChI is InChI=1S/C22H26FN5S2/c1-25-21(16-6-7-16)24-28(22(25)29)15-27-12-10-26(11-13-27)14-17-8-9-20(30-17)18-4-2-3-5-19(18)23/h2-5,8-9,16H,6-7,10-15H2,1H3. The molecule has 1 saturated heterocycles. The van der Waals surface area contributed by atoms with Crippen LogP contribution in [0.4, 0.5) is 4.39 Å². The summed E-state index contributed by atoms with van der Waals surface area (Å²) in [6.45, 7) is 5.72. The summed E-state index contributed by atoms with van der Waals surface area (Å²) < 4.78 is 18.9. The van der Waals surface area contributed by atoms with E-state index in [-0.39, 0.29) is 5.82 Å². The highest BCUT2D eigenvalue weighted by atomic mass is 32.1. The van der Waals surface area contributed by atoms with E-state index in [9.17, 15) is 4.39 Å². The summed E-state index contributed by atoms with van der Waals surface area (Å²) in [5.41, 5.74) is 0.691. The Balaban J connectivity index is 1.17. The average molecular weight is 444 g/mol. The van der Waals surface area contributed by atoms with Gasteiger partial charge in [0.1, 0.15) is 11.6 Å². The van der Waals surface area contributed by atoms with Crippen molar-refractivity contribution in [1.82, 2.24) is 24.1 Å². The Morgan fingerprint density at radius 1 is 1.07 bits per heavy atom. The smallest absolute Gasteiger partial charge is 0.198 e. The first-order valence-corrected chi connectivity index (χ1v) is 11.7. The van der Waals surface area contributed by atoms with Gasteiger partial charge in [0.2, 0.25) is 0 Å². The number of thiophene rings is 1. The fourth-order valence-corrected chi connectivity index (χ4v) is 5.33. The Labute approximate surface area is 185 Å². The van der Waals surface area contributed by atoms with Crippen molar-refractivity contribution >= 4 is 23.6 Å². The van der Waals surface area contributed by atoms with Crippen LogP contribution in [0.25, 0.3) is 10.4 Å². The molecule has 8 heteroatoms. The molecule has 0 spiro atoms. The second kappa shape index (κ2) is 8.34. The van der Waals surface area contributed by atoms with Crippen LogP contribution in [0.3, 0.4) is 0 Å². The highest BCUT2D eigenvalue weighted by Gasteiger charge is 2.29. The predicted molar refractivity (Wildman–Crippen MR) is 121 cm³/mol. The van der Waals surface area contributed by atoms with Crippen LogP contribution >= 0.6 is 23.6 Å². The molecule has 2 fully saturated rings. The highest BCUT2D eigenvalue weighted by Crippen LogP contribution is 2.38. The quantitative estimate of drug-likeness (QED) is 0.526. The third-order valence-electron chi connectivity index (χ3n) is 6.00. The van der Waals surface area contributed by atoms with Gasteiger partial charge in [0.15, 0.2) is 4.77 Å². The van der Waals surface area contributed by atoms with E-state index in [1.807, 2.05) is 29.9 Å². The number of hydrogen-bond donors (Lipinski definition) is 0. The van der Waals surface area contributed by atoms with Crippen LogP contribution < -0.4 is 0 Å². The molecular formula is C22H26FN5S2. The molecule has 1 saturated carbocycles. The Hall–Kier alpha value is -1.87. The molecule has 1 aromatic carbocycles. The molecule has 5 nitrogen and oxygen atoms in total. The van der Waals surface area contributed by atoms with Crippen molar-refractivity contribution in [1.29, 1.82) is 0 Å². The van der Waals surface area contributed by atoms with E-state index in [1.165, 1.54) is 23.8 Å². The van der Waals surface area contributed by atoms with Crippen LogP contribution in [0.5, 0.6) is 0 Å². The summed E-state index contributed by atoms with van der Waals surface area (Å²) in [6, 6.07) is 11.2. The zero-order valence-electron chi connectivity index (χ0n) is 17.1. The van der Waals surface area contributed by atoms with Crippen molar-refractivity contribution in [3.63, 3.8) is 0 Å². The third-order valence-corrected chi connectivity index (χ3v) is 7.58. The van der Waals surface area contributed by atoms with Gasteiger partial charge in [0.25, 0.3) is 0 Å². The first kappa shape index (κ1) is 20.1. The number of benzene rings is 1. The first-order valence-electron chi connectivity index (χ1n) is 10.5. The van der Waals surface area contributed by atoms with Gasteiger partial charge in [-0.3, -0.25) is 9.80 Å². The van der Waals surface area contributed by atoms with E-state index in [2.05, 4.69) is 20.4 Å². The highest BCUT2D eigenvalue weighted by molar-refractivity contribution is 7.71. The lowest BCUT2D eigenvalue weighted by Gasteiger charge is -2.34. The van der Waals surface area contributed by atoms with Gasteiger partial charge in [-0.2, -0.15) is 5.10 Å². The van der Waals surface area contributed by atoms with Gasteiger partial charge < -0.3 is 4.57 Å². The molecule has 0 unspecified atom stereocenters. The van der Waals surface area contributed by atoms with E-state index in [0.29, 0.717) is 11.5 Å². The second-order valence-corrected chi connectivity index (χ2v) is 9.79. The molecule has 0 amide bonds. The van der Waals surface area contributed by atoms with E-state index in [4.69, 9.17) is 17.3 Å². The third kappa shape index (κ3) is 4.14. The van der Waals surface area contributed by atoms with Crippen molar-refractivity contribution in [2.45, 2.75) is 32.0 Å². The summed E-state index contributed by atoms with van der Waals surface area (Å²) in [6.07, 6.45) is 2.47. The van der Waals surface area contributed by atoms with Gasteiger partial charge in [-0.1, -0.05) is 18.2 Å². The molecular weight excluding hydrogens is 417 g/mol. The first-order chi connectivity index (χ1) is 14.6. The molecule has 0 N–H and O–H groups in total. The Morgan fingerprint density at radius 2 is 1.80 bits per heavy atom. The summed E-state index contributed by atoms with van der Waals surface area (Å²) in [5, 5.41) is 4.78. The maximum absolute atomic E-state index is 14.0. The minimum atomic E-state index is -0.155. The number of aromatic nitrogens is 3. The minimum absolute atomic E-state index is 0.155. The van der Waals surface area contributed by atoms with E-state index in [0.717, 1.165) is 54.9 Å². The molecule has 2 aliphatic rings. The summed E-state index contributed by atoms with van der Waals surface area (Å²) in [5.74, 6) is 1.59. The summed E-state index contributed by atoms with van der Waals surface area (Å²) in [4.78, 5) is 7.18. The molecule has 0 bridgehead atoms. The maximum atomic E-state index is 14.0.